The largest absolute Gasteiger partial charge is 0.372 e. The fourth-order valence-corrected chi connectivity index (χ4v) is 3.38. The molecule has 0 bridgehead atoms. The van der Waals surface area contributed by atoms with E-state index >= 15 is 0 Å². The van der Waals surface area contributed by atoms with E-state index in [-0.39, 0.29) is 6.10 Å². The number of hydrogen-bond donors (Lipinski definition) is 1. The number of nitrogens with one attached hydrogen (secondary N) is 1. The summed E-state index contributed by atoms with van der Waals surface area (Å²) in [4.78, 5) is 18.9. The average molecular weight is 339 g/mol. The second kappa shape index (κ2) is 7.02. The number of hydrogen-bond acceptors (Lipinski definition) is 7. The zero-order chi connectivity index (χ0) is 16.2. The van der Waals surface area contributed by atoms with E-state index < -0.39 is 0 Å². The second-order valence-electron chi connectivity index (χ2n) is 5.52. The summed E-state index contributed by atoms with van der Waals surface area (Å²) in [5.74, 6) is 0.613. The Morgan fingerprint density at radius 2 is 2.25 bits per heavy atom. The van der Waals surface area contributed by atoms with E-state index in [4.69, 9.17) is 9.72 Å². The van der Waals surface area contributed by atoms with Gasteiger partial charge in [0.25, 0.3) is 0 Å². The maximum atomic E-state index is 5.84. The third-order valence-electron chi connectivity index (χ3n) is 3.89. The van der Waals surface area contributed by atoms with Crippen LogP contribution in [0.1, 0.15) is 29.5 Å². The average Bonchev–Trinajstić information content (AvgIpc) is 3.34. The molecule has 0 amide bonds. The molecule has 122 valence electrons. The van der Waals surface area contributed by atoms with Gasteiger partial charge in [0.1, 0.15) is 6.10 Å². The maximum absolute atomic E-state index is 5.84. The first-order valence-electron chi connectivity index (χ1n) is 7.91. The van der Waals surface area contributed by atoms with Crippen LogP contribution in [-0.2, 0) is 11.3 Å². The van der Waals surface area contributed by atoms with Gasteiger partial charge in [0.15, 0.2) is 0 Å². The Bertz CT molecular complexity index is 788. The standard InChI is InChI=1S/C17H17N5OS/c1-4-15(23-7-1)16-13(14-11-18-5-6-19-14)10-21-17(22-16)20-9-12-3-2-8-24-12/h2-3,5-6,8,10-11,15H,1,4,7,9H2,(H,20,21,22). The lowest BCUT2D eigenvalue weighted by Crippen LogP contribution is -2.09. The molecule has 6 nitrogen and oxygen atoms in total. The quantitative estimate of drug-likeness (QED) is 0.767. The summed E-state index contributed by atoms with van der Waals surface area (Å²) in [6.07, 6.45) is 8.89. The molecule has 4 heterocycles. The van der Waals surface area contributed by atoms with Crippen molar-refractivity contribution in [2.45, 2.75) is 25.5 Å². The predicted molar refractivity (Wildman–Crippen MR) is 92.6 cm³/mol. The maximum Gasteiger partial charge on any atom is 0.223 e. The molecule has 1 atom stereocenters. The minimum atomic E-state index is -0.00714. The highest BCUT2D eigenvalue weighted by Crippen LogP contribution is 2.33. The van der Waals surface area contributed by atoms with Crippen molar-refractivity contribution in [2.24, 2.45) is 0 Å². The monoisotopic (exact) mass is 339 g/mol. The van der Waals surface area contributed by atoms with Gasteiger partial charge in [-0.2, -0.15) is 0 Å². The lowest BCUT2D eigenvalue weighted by atomic mass is 10.1. The van der Waals surface area contributed by atoms with Crippen molar-refractivity contribution in [1.82, 2.24) is 19.9 Å². The molecule has 3 aromatic rings. The Morgan fingerprint density at radius 3 is 3.00 bits per heavy atom. The molecule has 0 radical (unpaired) electrons. The van der Waals surface area contributed by atoms with E-state index in [2.05, 4.69) is 31.7 Å². The highest BCUT2D eigenvalue weighted by molar-refractivity contribution is 7.09. The lowest BCUT2D eigenvalue weighted by Gasteiger charge is -2.15. The van der Waals surface area contributed by atoms with Crippen LogP contribution in [-0.4, -0.2) is 26.5 Å². The Kier molecular flexibility index (Phi) is 4.44. The Morgan fingerprint density at radius 1 is 1.25 bits per heavy atom. The molecule has 0 saturated carbocycles. The Hall–Kier alpha value is -2.38. The van der Waals surface area contributed by atoms with Crippen LogP contribution in [0.15, 0.2) is 42.3 Å². The molecule has 3 aromatic heterocycles. The topological polar surface area (TPSA) is 72.8 Å². The second-order valence-corrected chi connectivity index (χ2v) is 6.55. The summed E-state index contributed by atoms with van der Waals surface area (Å²) < 4.78 is 5.84. The van der Waals surface area contributed by atoms with Crippen LogP contribution in [0.5, 0.6) is 0 Å². The molecule has 1 aliphatic heterocycles. The molecule has 1 N–H and O–H groups in total. The van der Waals surface area contributed by atoms with E-state index in [1.54, 1.807) is 29.9 Å². The number of thiophene rings is 1. The van der Waals surface area contributed by atoms with Gasteiger partial charge >= 0.3 is 0 Å². The van der Waals surface area contributed by atoms with E-state index in [9.17, 15) is 0 Å². The van der Waals surface area contributed by atoms with Crippen LogP contribution in [0.4, 0.5) is 5.95 Å². The van der Waals surface area contributed by atoms with Crippen molar-refractivity contribution in [1.29, 1.82) is 0 Å². The predicted octanol–water partition coefficient (Wildman–Crippen LogP) is 3.46. The molecule has 1 aliphatic rings. The fraction of sp³-hybridized carbons (Fsp3) is 0.294. The molecule has 0 aromatic carbocycles. The van der Waals surface area contributed by atoms with Crippen molar-refractivity contribution in [2.75, 3.05) is 11.9 Å². The van der Waals surface area contributed by atoms with Crippen molar-refractivity contribution < 1.29 is 4.74 Å². The molecule has 1 fully saturated rings. The highest BCUT2D eigenvalue weighted by Gasteiger charge is 2.24. The molecule has 1 unspecified atom stereocenters. The number of rotatable bonds is 5. The molecule has 4 rings (SSSR count). The van der Waals surface area contributed by atoms with Gasteiger partial charge in [-0.25, -0.2) is 9.97 Å². The molecular weight excluding hydrogens is 322 g/mol. The number of nitrogens with zero attached hydrogens (tertiary/aromatic N) is 4. The summed E-state index contributed by atoms with van der Waals surface area (Å²) >= 11 is 1.71. The normalized spacial score (nSPS) is 17.1. The molecule has 24 heavy (non-hydrogen) atoms. The number of aromatic nitrogens is 4. The van der Waals surface area contributed by atoms with Crippen LogP contribution in [0.3, 0.4) is 0 Å². The first-order chi connectivity index (χ1) is 11.9. The smallest absolute Gasteiger partial charge is 0.223 e. The Labute approximate surface area is 144 Å². The van der Waals surface area contributed by atoms with Gasteiger partial charge in [0, 0.05) is 35.6 Å². The first-order valence-corrected chi connectivity index (χ1v) is 8.79. The van der Waals surface area contributed by atoms with Crippen LogP contribution in [0.25, 0.3) is 11.3 Å². The van der Waals surface area contributed by atoms with Gasteiger partial charge in [0.2, 0.25) is 5.95 Å². The van der Waals surface area contributed by atoms with Crippen molar-refractivity contribution in [3.8, 4) is 11.3 Å². The fourth-order valence-electron chi connectivity index (χ4n) is 2.73. The van der Waals surface area contributed by atoms with Crippen LogP contribution in [0, 0.1) is 0 Å². The number of anilines is 1. The molecule has 0 aliphatic carbocycles. The summed E-state index contributed by atoms with van der Waals surface area (Å²) in [7, 11) is 0. The van der Waals surface area contributed by atoms with Crippen LogP contribution in [0.2, 0.25) is 0 Å². The minimum Gasteiger partial charge on any atom is -0.372 e. The van der Waals surface area contributed by atoms with Gasteiger partial charge in [0.05, 0.1) is 24.1 Å². The summed E-state index contributed by atoms with van der Waals surface area (Å²) in [5.41, 5.74) is 2.54. The van der Waals surface area contributed by atoms with Gasteiger partial charge in [-0.1, -0.05) is 6.07 Å². The SMILES string of the molecule is c1csc(CNc2ncc(-c3cnccn3)c(C3CCCO3)n2)c1. The zero-order valence-electron chi connectivity index (χ0n) is 13.1. The van der Waals surface area contributed by atoms with Crippen LogP contribution < -0.4 is 5.32 Å². The minimum absolute atomic E-state index is 0.00714. The van der Waals surface area contributed by atoms with E-state index in [1.807, 2.05) is 12.3 Å². The molecule has 7 heteroatoms. The van der Waals surface area contributed by atoms with Crippen molar-refractivity contribution in [3.05, 3.63) is 52.9 Å². The van der Waals surface area contributed by atoms with Crippen molar-refractivity contribution in [3.63, 3.8) is 0 Å². The summed E-state index contributed by atoms with van der Waals surface area (Å²) in [6.45, 7) is 1.49. The third kappa shape index (κ3) is 3.27. The first kappa shape index (κ1) is 15.2. The van der Waals surface area contributed by atoms with E-state index in [1.165, 1.54) is 4.88 Å². The third-order valence-corrected chi connectivity index (χ3v) is 4.77. The molecule has 1 saturated heterocycles. The highest BCUT2D eigenvalue weighted by atomic mass is 32.1. The van der Waals surface area contributed by atoms with Crippen LogP contribution >= 0.6 is 11.3 Å². The van der Waals surface area contributed by atoms with Gasteiger partial charge in [-0.05, 0) is 24.3 Å². The molecule has 0 spiro atoms. The molecular formula is C17H17N5OS. The van der Waals surface area contributed by atoms with E-state index in [0.717, 1.165) is 36.4 Å². The zero-order valence-corrected chi connectivity index (χ0v) is 13.9. The van der Waals surface area contributed by atoms with Crippen molar-refractivity contribution >= 4 is 17.3 Å². The van der Waals surface area contributed by atoms with Gasteiger partial charge in [-0.3, -0.25) is 9.97 Å². The summed E-state index contributed by atoms with van der Waals surface area (Å²) in [5, 5.41) is 5.35. The van der Waals surface area contributed by atoms with Gasteiger partial charge in [-0.15, -0.1) is 11.3 Å². The van der Waals surface area contributed by atoms with E-state index in [0.29, 0.717) is 12.5 Å². The Balaban J connectivity index is 1.64. The van der Waals surface area contributed by atoms with Gasteiger partial charge < -0.3 is 10.1 Å². The number of ether oxygens (including phenoxy) is 1. The summed E-state index contributed by atoms with van der Waals surface area (Å²) in [6, 6.07) is 4.13. The lowest BCUT2D eigenvalue weighted by molar-refractivity contribution is 0.109.